The van der Waals surface area contributed by atoms with Gasteiger partial charge in [0, 0.05) is 17.4 Å². The number of oxazole rings is 1. The van der Waals surface area contributed by atoms with Crippen molar-refractivity contribution in [2.45, 2.75) is 39.5 Å². The minimum absolute atomic E-state index is 0.0895. The van der Waals surface area contributed by atoms with Gasteiger partial charge in [-0.25, -0.2) is 9.78 Å². The van der Waals surface area contributed by atoms with Gasteiger partial charge in [0.15, 0.2) is 17.9 Å². The van der Waals surface area contributed by atoms with Crippen molar-refractivity contribution in [3.63, 3.8) is 0 Å². The zero-order valence-electron chi connectivity index (χ0n) is 18.2. The Labute approximate surface area is 184 Å². The highest BCUT2D eigenvalue weighted by molar-refractivity contribution is 5.91. The summed E-state index contributed by atoms with van der Waals surface area (Å²) in [6, 6.07) is 11.4. The molecule has 0 saturated carbocycles. The molecule has 0 aliphatic rings. The molecule has 0 unspecified atom stereocenters. The molecule has 0 radical (unpaired) electrons. The average Bonchev–Trinajstić information content (AvgIpc) is 3.24. The third-order valence-electron chi connectivity index (χ3n) is 4.26. The van der Waals surface area contributed by atoms with Gasteiger partial charge in [0.1, 0.15) is 11.4 Å². The molecule has 3 aromatic rings. The number of halogens is 2. The smallest absolute Gasteiger partial charge is 0.387 e. The molecule has 2 aromatic carbocycles. The number of rotatable bonds is 8. The largest absolute Gasteiger partial charge is 0.493 e. The molecule has 7 nitrogen and oxygen atoms in total. The zero-order valence-corrected chi connectivity index (χ0v) is 18.2. The van der Waals surface area contributed by atoms with Gasteiger partial charge < -0.3 is 23.5 Å². The molecule has 0 amide bonds. The lowest BCUT2D eigenvalue weighted by molar-refractivity contribution is -0.0512. The van der Waals surface area contributed by atoms with Gasteiger partial charge in [-0.05, 0) is 51.1 Å². The van der Waals surface area contributed by atoms with E-state index in [1.165, 1.54) is 19.6 Å². The Hall–Kier alpha value is -3.62. The summed E-state index contributed by atoms with van der Waals surface area (Å²) in [6.07, 6.45) is 2.88. The normalized spacial score (nSPS) is 11.3. The fourth-order valence-electron chi connectivity index (χ4n) is 2.96. The summed E-state index contributed by atoms with van der Waals surface area (Å²) in [5.74, 6) is 0.138. The van der Waals surface area contributed by atoms with E-state index in [-0.39, 0.29) is 18.0 Å². The van der Waals surface area contributed by atoms with Crippen LogP contribution in [0.25, 0.3) is 0 Å². The topological polar surface area (TPSA) is 74.0 Å². The molecule has 0 atom stereocenters. The lowest BCUT2D eigenvalue weighted by atomic mass is 10.1. The zero-order chi connectivity index (χ0) is 23.3. The number of hydrogen-bond acceptors (Lipinski definition) is 7. The number of benzene rings is 2. The summed E-state index contributed by atoms with van der Waals surface area (Å²) < 4.78 is 46.0. The maximum Gasteiger partial charge on any atom is 0.387 e. The highest BCUT2D eigenvalue weighted by atomic mass is 19.3. The molecule has 1 aromatic heterocycles. The first-order valence-corrected chi connectivity index (χ1v) is 9.77. The second-order valence-corrected chi connectivity index (χ2v) is 7.82. The molecule has 0 spiro atoms. The molecular formula is C23H24F2N2O5. The number of esters is 1. The van der Waals surface area contributed by atoms with Crippen molar-refractivity contribution in [3.05, 3.63) is 66.4 Å². The van der Waals surface area contributed by atoms with Gasteiger partial charge in [-0.15, -0.1) is 0 Å². The first-order chi connectivity index (χ1) is 15.2. The van der Waals surface area contributed by atoms with Crippen LogP contribution in [0.2, 0.25) is 0 Å². The quantitative estimate of drug-likeness (QED) is 0.418. The molecule has 0 N–H and O–H groups in total. The van der Waals surface area contributed by atoms with E-state index < -0.39 is 18.2 Å². The van der Waals surface area contributed by atoms with Gasteiger partial charge in [0.25, 0.3) is 0 Å². The molecule has 32 heavy (non-hydrogen) atoms. The van der Waals surface area contributed by atoms with Gasteiger partial charge in [0.2, 0.25) is 0 Å². The van der Waals surface area contributed by atoms with Gasteiger partial charge in [-0.3, -0.25) is 0 Å². The van der Waals surface area contributed by atoms with Crippen molar-refractivity contribution < 1.29 is 32.2 Å². The van der Waals surface area contributed by atoms with Crippen LogP contribution >= 0.6 is 0 Å². The van der Waals surface area contributed by atoms with Crippen LogP contribution in [0.1, 0.15) is 36.9 Å². The highest BCUT2D eigenvalue weighted by Gasteiger charge is 2.21. The van der Waals surface area contributed by atoms with E-state index in [0.717, 1.165) is 0 Å². The molecule has 0 aliphatic heterocycles. The number of nitrogens with zero attached hydrogens (tertiary/aromatic N) is 2. The van der Waals surface area contributed by atoms with Crippen LogP contribution in [0.4, 0.5) is 20.2 Å². The van der Waals surface area contributed by atoms with Crippen LogP contribution in [-0.2, 0) is 11.3 Å². The summed E-state index contributed by atoms with van der Waals surface area (Å²) in [5, 5.41) is 0. The number of carbonyl (C=O) groups is 1. The fourth-order valence-corrected chi connectivity index (χ4v) is 2.96. The van der Waals surface area contributed by atoms with Crippen molar-refractivity contribution in [1.82, 2.24) is 4.98 Å². The molecule has 0 saturated heterocycles. The van der Waals surface area contributed by atoms with E-state index in [9.17, 15) is 13.6 Å². The minimum Gasteiger partial charge on any atom is -0.493 e. The second-order valence-electron chi connectivity index (χ2n) is 7.82. The Balaban J connectivity index is 2.01. The van der Waals surface area contributed by atoms with Crippen LogP contribution < -0.4 is 14.4 Å². The van der Waals surface area contributed by atoms with Crippen LogP contribution in [0, 0.1) is 0 Å². The molecule has 9 heteroatoms. The van der Waals surface area contributed by atoms with Crippen LogP contribution in [0.5, 0.6) is 11.5 Å². The van der Waals surface area contributed by atoms with E-state index in [1.807, 2.05) is 4.90 Å². The summed E-state index contributed by atoms with van der Waals surface area (Å²) in [5.41, 5.74) is 0.973. The Kier molecular flexibility index (Phi) is 6.97. The van der Waals surface area contributed by atoms with Crippen molar-refractivity contribution >= 4 is 17.3 Å². The maximum absolute atomic E-state index is 12.7. The molecular weight excluding hydrogens is 422 g/mol. The summed E-state index contributed by atoms with van der Waals surface area (Å²) in [4.78, 5) is 18.3. The first kappa shape index (κ1) is 23.1. The number of anilines is 2. The molecule has 0 fully saturated rings. The molecule has 0 bridgehead atoms. The van der Waals surface area contributed by atoms with Crippen molar-refractivity contribution in [2.75, 3.05) is 12.0 Å². The van der Waals surface area contributed by atoms with E-state index in [0.29, 0.717) is 22.7 Å². The number of aromatic nitrogens is 1. The number of ether oxygens (including phenoxy) is 3. The lowest BCUT2D eigenvalue weighted by Gasteiger charge is -2.26. The third kappa shape index (κ3) is 5.96. The van der Waals surface area contributed by atoms with Crippen molar-refractivity contribution in [3.8, 4) is 11.5 Å². The second kappa shape index (κ2) is 9.67. The molecule has 1 heterocycles. The Morgan fingerprint density at radius 1 is 1.12 bits per heavy atom. The van der Waals surface area contributed by atoms with Crippen LogP contribution in [0.15, 0.2) is 59.5 Å². The Morgan fingerprint density at radius 2 is 1.88 bits per heavy atom. The van der Waals surface area contributed by atoms with Crippen LogP contribution in [0.3, 0.4) is 0 Å². The molecule has 3 rings (SSSR count). The molecule has 0 aliphatic carbocycles. The Bertz CT molecular complexity index is 1050. The van der Waals surface area contributed by atoms with E-state index >= 15 is 0 Å². The summed E-state index contributed by atoms with van der Waals surface area (Å²) in [7, 11) is 1.36. The van der Waals surface area contributed by atoms with Gasteiger partial charge in [0.05, 0.1) is 25.4 Å². The first-order valence-electron chi connectivity index (χ1n) is 9.77. The van der Waals surface area contributed by atoms with Gasteiger partial charge >= 0.3 is 12.6 Å². The molecule has 170 valence electrons. The number of hydrogen-bond donors (Lipinski definition) is 0. The predicted octanol–water partition coefficient (Wildman–Crippen LogP) is 5.58. The fraction of sp³-hybridized carbons (Fsp3) is 0.304. The van der Waals surface area contributed by atoms with Gasteiger partial charge in [-0.2, -0.15) is 8.78 Å². The average molecular weight is 446 g/mol. The van der Waals surface area contributed by atoms with E-state index in [2.05, 4.69) is 9.72 Å². The highest BCUT2D eigenvalue weighted by Crippen LogP contribution is 2.36. The standard InChI is InChI=1S/C23H24F2N2O5/c1-23(2,3)32-21(28)15-6-5-7-16(10-15)27(13-18-12-26-14-30-18)17-8-9-19(31-22(24)25)20(11-17)29-4/h5-12,14,22H,13H2,1-4H3. The minimum atomic E-state index is -2.98. The third-order valence-corrected chi connectivity index (χ3v) is 4.26. The number of alkyl halides is 2. The van der Waals surface area contributed by atoms with Crippen LogP contribution in [-0.4, -0.2) is 30.3 Å². The van der Waals surface area contributed by atoms with E-state index in [4.69, 9.17) is 13.9 Å². The Morgan fingerprint density at radius 3 is 2.50 bits per heavy atom. The number of methoxy groups -OCH3 is 1. The lowest BCUT2D eigenvalue weighted by Crippen LogP contribution is -2.24. The summed E-state index contributed by atoms with van der Waals surface area (Å²) >= 11 is 0. The van der Waals surface area contributed by atoms with Crippen molar-refractivity contribution in [2.24, 2.45) is 0 Å². The maximum atomic E-state index is 12.7. The predicted molar refractivity (Wildman–Crippen MR) is 114 cm³/mol. The number of carbonyl (C=O) groups excluding carboxylic acids is 1. The summed E-state index contributed by atoms with van der Waals surface area (Å²) in [6.45, 7) is 2.65. The monoisotopic (exact) mass is 446 g/mol. The van der Waals surface area contributed by atoms with Gasteiger partial charge in [-0.1, -0.05) is 6.07 Å². The SMILES string of the molecule is COc1cc(N(Cc2cnco2)c2cccc(C(=O)OC(C)(C)C)c2)ccc1OC(F)F. The van der Waals surface area contributed by atoms with E-state index in [1.54, 1.807) is 63.4 Å². The van der Waals surface area contributed by atoms with Crippen molar-refractivity contribution in [1.29, 1.82) is 0 Å².